The van der Waals surface area contributed by atoms with Crippen LogP contribution in [0.25, 0.3) is 0 Å². The fraction of sp³-hybridized carbons (Fsp3) is 0.263. The van der Waals surface area contributed by atoms with E-state index >= 15 is 0 Å². The lowest BCUT2D eigenvalue weighted by molar-refractivity contribution is -0.885. The molecular weight excluding hydrogens is 302 g/mol. The Hall–Kier alpha value is -2.66. The highest BCUT2D eigenvalue weighted by Crippen LogP contribution is 2.17. The van der Waals surface area contributed by atoms with Crippen LogP contribution in [0, 0.1) is 13.8 Å². The first-order chi connectivity index (χ1) is 11.5. The third kappa shape index (κ3) is 5.21. The van der Waals surface area contributed by atoms with Gasteiger partial charge in [0.05, 0.1) is 7.05 Å². The molecule has 126 valence electrons. The lowest BCUT2D eigenvalue weighted by atomic mass is 10.1. The van der Waals surface area contributed by atoms with Gasteiger partial charge < -0.3 is 10.2 Å². The van der Waals surface area contributed by atoms with Gasteiger partial charge in [0.25, 0.3) is 5.91 Å². The first-order valence-corrected chi connectivity index (χ1v) is 7.98. The first kappa shape index (κ1) is 17.7. The number of likely N-dealkylation sites (N-methyl/N-ethyl adjacent to an activating group) is 1. The van der Waals surface area contributed by atoms with Gasteiger partial charge in [0.1, 0.15) is 6.54 Å². The van der Waals surface area contributed by atoms with Gasteiger partial charge in [-0.2, -0.15) is 0 Å². The molecule has 0 heterocycles. The minimum atomic E-state index is -0.499. The van der Waals surface area contributed by atoms with Crippen LogP contribution in [-0.4, -0.2) is 25.5 Å². The summed E-state index contributed by atoms with van der Waals surface area (Å²) < 4.78 is 0. The maximum Gasteiger partial charge on any atom is 0.326 e. The lowest BCUT2D eigenvalue weighted by Gasteiger charge is -2.14. The van der Waals surface area contributed by atoms with Crippen molar-refractivity contribution in [1.29, 1.82) is 0 Å². The molecule has 3 N–H and O–H groups in total. The zero-order valence-corrected chi connectivity index (χ0v) is 14.3. The molecule has 1 atom stereocenters. The molecule has 5 heteroatoms. The Morgan fingerprint density at radius 1 is 1.00 bits per heavy atom. The zero-order valence-electron chi connectivity index (χ0n) is 14.3. The average molecular weight is 326 g/mol. The second-order valence-corrected chi connectivity index (χ2v) is 6.05. The SMILES string of the molecule is Cc1cccc(NC(=O)NC(=O)C[NH+](C)Cc2ccccc2)c1C. The van der Waals surface area contributed by atoms with E-state index in [-0.39, 0.29) is 12.5 Å². The van der Waals surface area contributed by atoms with Crippen LogP contribution in [0.15, 0.2) is 48.5 Å². The number of rotatable bonds is 5. The molecule has 1 unspecified atom stereocenters. The van der Waals surface area contributed by atoms with Crippen LogP contribution in [0.2, 0.25) is 0 Å². The number of amides is 3. The number of benzene rings is 2. The Kier molecular flexibility index (Phi) is 6.09. The fourth-order valence-electron chi connectivity index (χ4n) is 2.49. The standard InChI is InChI=1S/C19H23N3O2/c1-14-8-7-11-17(15(14)2)20-19(24)21-18(23)13-22(3)12-16-9-5-4-6-10-16/h4-11H,12-13H2,1-3H3,(H2,20,21,23,24)/p+1. The van der Waals surface area contributed by atoms with E-state index in [1.54, 1.807) is 0 Å². The quantitative estimate of drug-likeness (QED) is 0.783. The summed E-state index contributed by atoms with van der Waals surface area (Å²) in [6.45, 7) is 4.87. The Morgan fingerprint density at radius 2 is 1.71 bits per heavy atom. The van der Waals surface area contributed by atoms with Crippen molar-refractivity contribution in [3.05, 3.63) is 65.2 Å². The number of nitrogens with one attached hydrogen (secondary N) is 3. The van der Waals surface area contributed by atoms with Gasteiger partial charge in [-0.1, -0.05) is 42.5 Å². The van der Waals surface area contributed by atoms with Crippen LogP contribution in [0.3, 0.4) is 0 Å². The minimum absolute atomic E-state index is 0.231. The number of urea groups is 1. The van der Waals surface area contributed by atoms with Crippen molar-refractivity contribution in [3.63, 3.8) is 0 Å². The molecule has 0 radical (unpaired) electrons. The molecule has 0 saturated heterocycles. The molecule has 0 aliphatic carbocycles. The molecule has 24 heavy (non-hydrogen) atoms. The molecule has 0 saturated carbocycles. The van der Waals surface area contributed by atoms with E-state index < -0.39 is 6.03 Å². The summed E-state index contributed by atoms with van der Waals surface area (Å²) in [6.07, 6.45) is 0. The van der Waals surface area contributed by atoms with Crippen LogP contribution in [0.1, 0.15) is 16.7 Å². The summed E-state index contributed by atoms with van der Waals surface area (Å²) >= 11 is 0. The van der Waals surface area contributed by atoms with Gasteiger partial charge in [0, 0.05) is 11.3 Å². The predicted octanol–water partition coefficient (Wildman–Crippen LogP) is 1.67. The summed E-state index contributed by atoms with van der Waals surface area (Å²) in [5.41, 5.74) is 3.95. The highest BCUT2D eigenvalue weighted by Gasteiger charge is 2.14. The normalized spacial score (nSPS) is 11.6. The molecule has 2 aromatic carbocycles. The molecule has 5 nitrogen and oxygen atoms in total. The van der Waals surface area contributed by atoms with Gasteiger partial charge in [-0.25, -0.2) is 4.79 Å². The minimum Gasteiger partial charge on any atom is -0.326 e. The van der Waals surface area contributed by atoms with Gasteiger partial charge in [-0.3, -0.25) is 10.1 Å². The molecule has 0 fully saturated rings. The van der Waals surface area contributed by atoms with Crippen molar-refractivity contribution in [2.45, 2.75) is 20.4 Å². The molecule has 2 rings (SSSR count). The van der Waals surface area contributed by atoms with Gasteiger partial charge >= 0.3 is 6.03 Å². The summed E-state index contributed by atoms with van der Waals surface area (Å²) in [7, 11) is 1.93. The lowest BCUT2D eigenvalue weighted by Crippen LogP contribution is -3.09. The van der Waals surface area contributed by atoms with Crippen molar-refractivity contribution in [2.75, 3.05) is 18.9 Å². The van der Waals surface area contributed by atoms with Crippen LogP contribution < -0.4 is 15.5 Å². The maximum atomic E-state index is 12.0. The van der Waals surface area contributed by atoms with E-state index in [0.29, 0.717) is 5.69 Å². The van der Waals surface area contributed by atoms with Crippen molar-refractivity contribution in [2.24, 2.45) is 0 Å². The molecule has 0 aromatic heterocycles. The predicted molar refractivity (Wildman–Crippen MR) is 95.0 cm³/mol. The van der Waals surface area contributed by atoms with Crippen molar-refractivity contribution in [1.82, 2.24) is 5.32 Å². The number of aryl methyl sites for hydroxylation is 1. The van der Waals surface area contributed by atoms with Crippen molar-refractivity contribution in [3.8, 4) is 0 Å². The summed E-state index contributed by atoms with van der Waals surface area (Å²) in [4.78, 5) is 25.0. The van der Waals surface area contributed by atoms with Crippen molar-refractivity contribution >= 4 is 17.6 Å². The average Bonchev–Trinajstić information content (AvgIpc) is 2.52. The van der Waals surface area contributed by atoms with E-state index in [1.807, 2.05) is 69.4 Å². The molecule has 0 aliphatic rings. The molecule has 3 amide bonds. The zero-order chi connectivity index (χ0) is 17.5. The molecule has 0 aliphatic heterocycles. The van der Waals surface area contributed by atoms with E-state index in [2.05, 4.69) is 10.6 Å². The Bertz CT molecular complexity index is 714. The Morgan fingerprint density at radius 3 is 2.42 bits per heavy atom. The van der Waals surface area contributed by atoms with Crippen LogP contribution in [-0.2, 0) is 11.3 Å². The maximum absolute atomic E-state index is 12.0. The fourth-order valence-corrected chi connectivity index (χ4v) is 2.49. The monoisotopic (exact) mass is 326 g/mol. The van der Waals surface area contributed by atoms with E-state index in [0.717, 1.165) is 28.1 Å². The summed E-state index contributed by atoms with van der Waals surface area (Å²) in [6, 6.07) is 15.1. The summed E-state index contributed by atoms with van der Waals surface area (Å²) in [5.74, 6) is -0.300. The number of hydrogen-bond acceptors (Lipinski definition) is 2. The second kappa shape index (κ2) is 8.26. The highest BCUT2D eigenvalue weighted by molar-refractivity contribution is 6.01. The van der Waals surface area contributed by atoms with Gasteiger partial charge in [0.15, 0.2) is 6.54 Å². The van der Waals surface area contributed by atoms with Crippen LogP contribution in [0.5, 0.6) is 0 Å². The van der Waals surface area contributed by atoms with Crippen LogP contribution >= 0.6 is 0 Å². The van der Waals surface area contributed by atoms with Crippen molar-refractivity contribution < 1.29 is 14.5 Å². The molecule has 0 bridgehead atoms. The third-order valence-electron chi connectivity index (χ3n) is 3.92. The number of hydrogen-bond donors (Lipinski definition) is 3. The van der Waals surface area contributed by atoms with E-state index in [4.69, 9.17) is 0 Å². The number of carbonyl (C=O) groups excluding carboxylic acids is 2. The third-order valence-corrected chi connectivity index (χ3v) is 3.92. The van der Waals surface area contributed by atoms with Gasteiger partial charge in [-0.05, 0) is 31.0 Å². The smallest absolute Gasteiger partial charge is 0.326 e. The highest BCUT2D eigenvalue weighted by atomic mass is 16.2. The molecular formula is C19H24N3O2+. The number of anilines is 1. The Balaban J connectivity index is 1.83. The van der Waals surface area contributed by atoms with Gasteiger partial charge in [-0.15, -0.1) is 0 Å². The number of carbonyl (C=O) groups is 2. The van der Waals surface area contributed by atoms with Gasteiger partial charge in [0.2, 0.25) is 0 Å². The number of imide groups is 1. The Labute approximate surface area is 142 Å². The summed E-state index contributed by atoms with van der Waals surface area (Å²) in [5, 5.41) is 5.11. The molecule has 0 spiro atoms. The molecule has 2 aromatic rings. The first-order valence-electron chi connectivity index (χ1n) is 7.98. The topological polar surface area (TPSA) is 62.6 Å². The van der Waals surface area contributed by atoms with E-state index in [9.17, 15) is 9.59 Å². The van der Waals surface area contributed by atoms with Crippen LogP contribution in [0.4, 0.5) is 10.5 Å². The second-order valence-electron chi connectivity index (χ2n) is 6.05. The number of quaternary nitrogens is 1. The largest absolute Gasteiger partial charge is 0.326 e. The van der Waals surface area contributed by atoms with E-state index in [1.165, 1.54) is 0 Å².